The highest BCUT2D eigenvalue weighted by Gasteiger charge is 2.16. The largest absolute Gasteiger partial charge is 0.278 e. The summed E-state index contributed by atoms with van der Waals surface area (Å²) in [5, 5.41) is 1.17. The summed E-state index contributed by atoms with van der Waals surface area (Å²) in [6, 6.07) is 8.99. The monoisotopic (exact) mass is 349 g/mol. The van der Waals surface area contributed by atoms with Crippen LogP contribution in [0.25, 0.3) is 0 Å². The van der Waals surface area contributed by atoms with Crippen molar-refractivity contribution in [3.8, 4) is 0 Å². The van der Waals surface area contributed by atoms with Crippen molar-refractivity contribution in [2.24, 2.45) is 0 Å². The molecule has 7 heteroatoms. The number of aryl methyl sites for hydroxylation is 1. The molecule has 2 aromatic rings. The van der Waals surface area contributed by atoms with Gasteiger partial charge < -0.3 is 0 Å². The summed E-state index contributed by atoms with van der Waals surface area (Å²) in [4.78, 5) is 0.116. The minimum Gasteiger partial charge on any atom is -0.278 e. The van der Waals surface area contributed by atoms with Crippen LogP contribution in [0.4, 0.5) is 5.69 Å². The van der Waals surface area contributed by atoms with E-state index in [0.29, 0.717) is 15.6 Å². The van der Waals surface area contributed by atoms with Gasteiger partial charge in [0.25, 0.3) is 10.0 Å². The number of hydrogen-bond donors (Lipinski definition) is 1. The number of halogens is 3. The molecule has 0 saturated heterocycles. The van der Waals surface area contributed by atoms with Crippen molar-refractivity contribution >= 4 is 50.5 Å². The van der Waals surface area contributed by atoms with Gasteiger partial charge in [-0.25, -0.2) is 8.42 Å². The molecular formula is C13H10Cl3NO2S. The minimum atomic E-state index is -3.72. The van der Waals surface area contributed by atoms with Gasteiger partial charge in [0.05, 0.1) is 15.6 Å². The van der Waals surface area contributed by atoms with E-state index >= 15 is 0 Å². The van der Waals surface area contributed by atoms with Crippen LogP contribution in [0.1, 0.15) is 5.56 Å². The second-order valence-electron chi connectivity index (χ2n) is 4.14. The van der Waals surface area contributed by atoms with Crippen molar-refractivity contribution in [3.63, 3.8) is 0 Å². The lowest BCUT2D eigenvalue weighted by Gasteiger charge is -2.10. The highest BCUT2D eigenvalue weighted by atomic mass is 35.5. The van der Waals surface area contributed by atoms with E-state index in [2.05, 4.69) is 4.72 Å². The van der Waals surface area contributed by atoms with E-state index in [1.165, 1.54) is 30.3 Å². The van der Waals surface area contributed by atoms with Crippen LogP contribution in [0, 0.1) is 6.92 Å². The van der Waals surface area contributed by atoms with Gasteiger partial charge in [-0.05, 0) is 48.9 Å². The molecule has 0 aliphatic carbocycles. The molecule has 0 radical (unpaired) electrons. The number of sulfonamides is 1. The SMILES string of the molecule is Cc1cc(S(=O)(=O)Nc2ccc(Cl)cc2Cl)ccc1Cl. The first-order chi connectivity index (χ1) is 9.29. The first kappa shape index (κ1) is 15.4. The Hall–Kier alpha value is -0.940. The molecule has 0 saturated carbocycles. The van der Waals surface area contributed by atoms with Gasteiger partial charge in [0.1, 0.15) is 0 Å². The molecule has 0 fully saturated rings. The third-order valence-corrected chi connectivity index (χ3v) is 4.95. The van der Waals surface area contributed by atoms with Crippen molar-refractivity contribution in [2.75, 3.05) is 4.72 Å². The molecule has 20 heavy (non-hydrogen) atoms. The van der Waals surface area contributed by atoms with Crippen molar-refractivity contribution in [3.05, 3.63) is 57.0 Å². The van der Waals surface area contributed by atoms with E-state index in [4.69, 9.17) is 34.8 Å². The lowest BCUT2D eigenvalue weighted by molar-refractivity contribution is 0.601. The number of benzene rings is 2. The summed E-state index contributed by atoms with van der Waals surface area (Å²) in [7, 11) is -3.72. The molecular weight excluding hydrogens is 341 g/mol. The Morgan fingerprint density at radius 3 is 2.25 bits per heavy atom. The second-order valence-corrected chi connectivity index (χ2v) is 7.07. The predicted molar refractivity (Wildman–Crippen MR) is 83.5 cm³/mol. The topological polar surface area (TPSA) is 46.2 Å². The Balaban J connectivity index is 2.38. The molecule has 0 bridgehead atoms. The maximum Gasteiger partial charge on any atom is 0.261 e. The summed E-state index contributed by atoms with van der Waals surface area (Å²) in [5.41, 5.74) is 0.945. The van der Waals surface area contributed by atoms with Crippen LogP contribution in [0.5, 0.6) is 0 Å². The first-order valence-corrected chi connectivity index (χ1v) is 8.15. The summed E-state index contributed by atoms with van der Waals surface area (Å²) in [6.07, 6.45) is 0. The van der Waals surface area contributed by atoms with Crippen molar-refractivity contribution in [1.29, 1.82) is 0 Å². The van der Waals surface area contributed by atoms with Crippen molar-refractivity contribution in [1.82, 2.24) is 0 Å². The highest BCUT2D eigenvalue weighted by molar-refractivity contribution is 7.92. The third-order valence-electron chi connectivity index (χ3n) is 2.62. The van der Waals surface area contributed by atoms with Gasteiger partial charge >= 0.3 is 0 Å². The molecule has 0 heterocycles. The Morgan fingerprint density at radius 1 is 0.950 bits per heavy atom. The van der Waals surface area contributed by atoms with Gasteiger partial charge in [0.15, 0.2) is 0 Å². The quantitative estimate of drug-likeness (QED) is 0.867. The fourth-order valence-corrected chi connectivity index (χ4v) is 3.35. The van der Waals surface area contributed by atoms with E-state index in [1.807, 2.05) is 0 Å². The highest BCUT2D eigenvalue weighted by Crippen LogP contribution is 2.28. The Labute approximate surface area is 132 Å². The lowest BCUT2D eigenvalue weighted by atomic mass is 10.2. The average molecular weight is 351 g/mol. The molecule has 106 valence electrons. The Bertz CT molecular complexity index is 760. The van der Waals surface area contributed by atoms with Crippen LogP contribution in [0.3, 0.4) is 0 Å². The van der Waals surface area contributed by atoms with Gasteiger partial charge in [-0.15, -0.1) is 0 Å². The van der Waals surface area contributed by atoms with Gasteiger partial charge in [0, 0.05) is 10.0 Å². The van der Waals surface area contributed by atoms with Crippen LogP contribution in [-0.2, 0) is 10.0 Å². The number of nitrogens with one attached hydrogen (secondary N) is 1. The minimum absolute atomic E-state index is 0.116. The zero-order valence-electron chi connectivity index (χ0n) is 10.3. The second kappa shape index (κ2) is 5.82. The van der Waals surface area contributed by atoms with Gasteiger partial charge in [-0.1, -0.05) is 34.8 Å². The zero-order valence-corrected chi connectivity index (χ0v) is 13.4. The summed E-state index contributed by atoms with van der Waals surface area (Å²) < 4.78 is 26.9. The normalized spacial score (nSPS) is 11.4. The summed E-state index contributed by atoms with van der Waals surface area (Å²) in [5.74, 6) is 0. The average Bonchev–Trinajstić information content (AvgIpc) is 2.36. The molecule has 0 spiro atoms. The Morgan fingerprint density at radius 2 is 1.65 bits per heavy atom. The Kier molecular flexibility index (Phi) is 4.49. The van der Waals surface area contributed by atoms with Gasteiger partial charge in [-0.3, -0.25) is 4.72 Å². The zero-order chi connectivity index (χ0) is 14.9. The molecule has 3 nitrogen and oxygen atoms in total. The van der Waals surface area contributed by atoms with E-state index in [9.17, 15) is 8.42 Å². The fourth-order valence-electron chi connectivity index (χ4n) is 1.56. The lowest BCUT2D eigenvalue weighted by Crippen LogP contribution is -2.13. The molecule has 0 amide bonds. The fraction of sp³-hybridized carbons (Fsp3) is 0.0769. The molecule has 0 aliphatic rings. The molecule has 1 N–H and O–H groups in total. The maximum absolute atomic E-state index is 12.3. The number of anilines is 1. The number of rotatable bonds is 3. The standard InChI is InChI=1S/C13H10Cl3NO2S/c1-8-6-10(3-4-11(8)15)20(18,19)17-13-5-2-9(14)7-12(13)16/h2-7,17H,1H3. The molecule has 0 aliphatic heterocycles. The van der Waals surface area contributed by atoms with Gasteiger partial charge in [-0.2, -0.15) is 0 Å². The third kappa shape index (κ3) is 3.38. The van der Waals surface area contributed by atoms with Crippen LogP contribution in [-0.4, -0.2) is 8.42 Å². The summed E-state index contributed by atoms with van der Waals surface area (Å²) in [6.45, 7) is 1.73. The van der Waals surface area contributed by atoms with Crippen LogP contribution < -0.4 is 4.72 Å². The molecule has 0 aromatic heterocycles. The van der Waals surface area contributed by atoms with Crippen molar-refractivity contribution in [2.45, 2.75) is 11.8 Å². The van der Waals surface area contributed by atoms with Crippen LogP contribution in [0.15, 0.2) is 41.3 Å². The molecule has 0 unspecified atom stereocenters. The summed E-state index contributed by atoms with van der Waals surface area (Å²) >= 11 is 17.6. The van der Waals surface area contributed by atoms with E-state index in [0.717, 1.165) is 0 Å². The molecule has 2 aromatic carbocycles. The molecule has 0 atom stereocenters. The van der Waals surface area contributed by atoms with Crippen LogP contribution in [0.2, 0.25) is 15.1 Å². The molecule has 2 rings (SSSR count). The number of hydrogen-bond acceptors (Lipinski definition) is 2. The smallest absolute Gasteiger partial charge is 0.261 e. The van der Waals surface area contributed by atoms with E-state index in [-0.39, 0.29) is 15.6 Å². The van der Waals surface area contributed by atoms with E-state index in [1.54, 1.807) is 13.0 Å². The first-order valence-electron chi connectivity index (χ1n) is 5.53. The van der Waals surface area contributed by atoms with Gasteiger partial charge in [0.2, 0.25) is 0 Å². The van der Waals surface area contributed by atoms with Crippen molar-refractivity contribution < 1.29 is 8.42 Å². The predicted octanol–water partition coefficient (Wildman–Crippen LogP) is 4.76. The van der Waals surface area contributed by atoms with E-state index < -0.39 is 10.0 Å². The van der Waals surface area contributed by atoms with Crippen LogP contribution >= 0.6 is 34.8 Å². The maximum atomic E-state index is 12.3.